The highest BCUT2D eigenvalue weighted by atomic mass is 79.9. The second-order valence-electron chi connectivity index (χ2n) is 6.67. The molecule has 2 aromatic rings. The van der Waals surface area contributed by atoms with Gasteiger partial charge in [0.25, 0.3) is 0 Å². The largest absolute Gasteiger partial charge is 0.453 e. The van der Waals surface area contributed by atoms with Gasteiger partial charge in [0.05, 0.1) is 13.5 Å². The van der Waals surface area contributed by atoms with Crippen LogP contribution in [0.2, 0.25) is 0 Å². The molecule has 8 heteroatoms. The fraction of sp³-hybridized carbons (Fsp3) is 0.389. The van der Waals surface area contributed by atoms with Crippen LogP contribution in [0, 0.1) is 0 Å². The lowest BCUT2D eigenvalue weighted by atomic mass is 9.81. The van der Waals surface area contributed by atoms with Crippen molar-refractivity contribution < 1.29 is 14.3 Å². The van der Waals surface area contributed by atoms with Crippen LogP contribution in [0.25, 0.3) is 0 Å². The third-order valence-electron chi connectivity index (χ3n) is 5.16. The standard InChI is InChI=1S/C18H18BrN3O3S/c1-25-17(24)21-6-4-18(10-21)11-22(14-3-2-12(19)8-13(14)18)16(23)9-15-20-5-7-26-15/h2-3,5,7-8H,4,6,9-11H2,1H3. The molecule has 1 atom stereocenters. The summed E-state index contributed by atoms with van der Waals surface area (Å²) >= 11 is 5.03. The van der Waals surface area contributed by atoms with Crippen LogP contribution >= 0.6 is 27.3 Å². The van der Waals surface area contributed by atoms with E-state index >= 15 is 0 Å². The number of halogens is 1. The first-order valence-electron chi connectivity index (χ1n) is 8.34. The van der Waals surface area contributed by atoms with Crippen molar-refractivity contribution in [3.05, 3.63) is 44.8 Å². The van der Waals surface area contributed by atoms with Crippen LogP contribution in [0.4, 0.5) is 10.5 Å². The topological polar surface area (TPSA) is 62.7 Å². The second-order valence-corrected chi connectivity index (χ2v) is 8.56. The summed E-state index contributed by atoms with van der Waals surface area (Å²) < 4.78 is 5.86. The molecule has 1 fully saturated rings. The summed E-state index contributed by atoms with van der Waals surface area (Å²) in [4.78, 5) is 32.7. The monoisotopic (exact) mass is 435 g/mol. The van der Waals surface area contributed by atoms with Gasteiger partial charge < -0.3 is 14.5 Å². The molecular weight excluding hydrogens is 418 g/mol. The number of anilines is 1. The fourth-order valence-corrected chi connectivity index (χ4v) is 4.90. The van der Waals surface area contributed by atoms with Crippen molar-refractivity contribution in [1.82, 2.24) is 9.88 Å². The Bertz CT molecular complexity index is 857. The molecule has 2 aliphatic heterocycles. The highest BCUT2D eigenvalue weighted by Gasteiger charge is 2.50. The predicted octanol–water partition coefficient (Wildman–Crippen LogP) is 3.20. The number of rotatable bonds is 2. The molecule has 6 nitrogen and oxygen atoms in total. The van der Waals surface area contributed by atoms with Gasteiger partial charge in [0.2, 0.25) is 5.91 Å². The molecule has 0 saturated carbocycles. The molecule has 2 aliphatic rings. The Morgan fingerprint density at radius 1 is 1.38 bits per heavy atom. The number of methoxy groups -OCH3 is 1. The van der Waals surface area contributed by atoms with Gasteiger partial charge >= 0.3 is 6.09 Å². The van der Waals surface area contributed by atoms with Crippen molar-refractivity contribution in [2.75, 3.05) is 31.6 Å². The lowest BCUT2D eigenvalue weighted by molar-refractivity contribution is -0.118. The van der Waals surface area contributed by atoms with E-state index in [1.165, 1.54) is 18.4 Å². The molecule has 0 aliphatic carbocycles. The molecule has 3 heterocycles. The minimum atomic E-state index is -0.314. The van der Waals surface area contributed by atoms with Gasteiger partial charge in [0.1, 0.15) is 5.01 Å². The molecule has 1 unspecified atom stereocenters. The summed E-state index contributed by atoms with van der Waals surface area (Å²) in [5, 5.41) is 2.70. The predicted molar refractivity (Wildman–Crippen MR) is 103 cm³/mol. The van der Waals surface area contributed by atoms with Crippen molar-refractivity contribution in [3.63, 3.8) is 0 Å². The zero-order chi connectivity index (χ0) is 18.3. The van der Waals surface area contributed by atoms with Crippen molar-refractivity contribution in [3.8, 4) is 0 Å². The highest BCUT2D eigenvalue weighted by Crippen LogP contribution is 2.47. The van der Waals surface area contributed by atoms with E-state index in [0.29, 0.717) is 26.1 Å². The zero-order valence-electron chi connectivity index (χ0n) is 14.3. The van der Waals surface area contributed by atoms with Gasteiger partial charge in [-0.2, -0.15) is 0 Å². The van der Waals surface area contributed by atoms with E-state index in [9.17, 15) is 9.59 Å². The fourth-order valence-electron chi connectivity index (χ4n) is 3.94. The Hall–Kier alpha value is -1.93. The summed E-state index contributed by atoms with van der Waals surface area (Å²) in [7, 11) is 1.40. The number of hydrogen-bond donors (Lipinski definition) is 0. The number of nitrogens with zero attached hydrogens (tertiary/aromatic N) is 3. The maximum absolute atomic E-state index is 12.9. The number of hydrogen-bond acceptors (Lipinski definition) is 5. The van der Waals surface area contributed by atoms with Crippen LogP contribution in [0.1, 0.15) is 17.0 Å². The normalized spacial score (nSPS) is 21.3. The molecule has 1 aromatic heterocycles. The number of ether oxygens (including phenoxy) is 1. The lowest BCUT2D eigenvalue weighted by Crippen LogP contribution is -2.40. The molecular formula is C18H18BrN3O3S. The van der Waals surface area contributed by atoms with Crippen molar-refractivity contribution in [1.29, 1.82) is 0 Å². The van der Waals surface area contributed by atoms with Crippen LogP contribution in [0.15, 0.2) is 34.2 Å². The average molecular weight is 436 g/mol. The third kappa shape index (κ3) is 2.91. The van der Waals surface area contributed by atoms with Crippen LogP contribution in [-0.4, -0.2) is 48.6 Å². The molecule has 26 heavy (non-hydrogen) atoms. The third-order valence-corrected chi connectivity index (χ3v) is 6.43. The van der Waals surface area contributed by atoms with E-state index in [4.69, 9.17) is 4.74 Å². The number of likely N-dealkylation sites (tertiary alicyclic amines) is 1. The van der Waals surface area contributed by atoms with Gasteiger partial charge in [-0.15, -0.1) is 11.3 Å². The van der Waals surface area contributed by atoms with Crippen LogP contribution in [0.5, 0.6) is 0 Å². The molecule has 1 aromatic carbocycles. The van der Waals surface area contributed by atoms with Crippen molar-refractivity contribution in [2.45, 2.75) is 18.3 Å². The minimum absolute atomic E-state index is 0.0388. The Balaban J connectivity index is 1.66. The summed E-state index contributed by atoms with van der Waals surface area (Å²) in [5.41, 5.74) is 1.80. The molecule has 1 saturated heterocycles. The summed E-state index contributed by atoms with van der Waals surface area (Å²) in [6, 6.07) is 6.01. The number of aromatic nitrogens is 1. The maximum Gasteiger partial charge on any atom is 0.409 e. The van der Waals surface area contributed by atoms with E-state index in [2.05, 4.69) is 27.0 Å². The molecule has 0 N–H and O–H groups in total. The van der Waals surface area contributed by atoms with Crippen LogP contribution in [0.3, 0.4) is 0 Å². The zero-order valence-corrected chi connectivity index (χ0v) is 16.7. The molecule has 4 rings (SSSR count). The Morgan fingerprint density at radius 3 is 2.96 bits per heavy atom. The lowest BCUT2D eigenvalue weighted by Gasteiger charge is -2.25. The number of carbonyl (C=O) groups excluding carboxylic acids is 2. The minimum Gasteiger partial charge on any atom is -0.453 e. The SMILES string of the molecule is COC(=O)N1CCC2(C1)CN(C(=O)Cc1nccs1)c1ccc(Br)cc12. The highest BCUT2D eigenvalue weighted by molar-refractivity contribution is 9.10. The maximum atomic E-state index is 12.9. The molecule has 0 bridgehead atoms. The second kappa shape index (κ2) is 6.66. The van der Waals surface area contributed by atoms with Gasteiger partial charge in [-0.3, -0.25) is 4.79 Å². The van der Waals surface area contributed by atoms with Gasteiger partial charge in [0.15, 0.2) is 0 Å². The number of benzene rings is 1. The molecule has 1 spiro atoms. The average Bonchev–Trinajstić information content (AvgIpc) is 3.35. The van der Waals surface area contributed by atoms with Gasteiger partial charge in [-0.05, 0) is 30.2 Å². The summed E-state index contributed by atoms with van der Waals surface area (Å²) in [6.45, 7) is 1.77. The number of thiazole rings is 1. The van der Waals surface area contributed by atoms with Crippen molar-refractivity contribution >= 4 is 45.0 Å². The Kier molecular flexibility index (Phi) is 4.48. The van der Waals surface area contributed by atoms with Gasteiger partial charge in [0, 0.05) is 46.8 Å². The van der Waals surface area contributed by atoms with E-state index < -0.39 is 0 Å². The first-order chi connectivity index (χ1) is 12.5. The first-order valence-corrected chi connectivity index (χ1v) is 10.0. The molecule has 0 radical (unpaired) electrons. The molecule has 136 valence electrons. The summed E-state index contributed by atoms with van der Waals surface area (Å²) in [6.07, 6.45) is 2.51. The number of carbonyl (C=O) groups is 2. The Morgan fingerprint density at radius 2 is 2.23 bits per heavy atom. The van der Waals surface area contributed by atoms with Crippen LogP contribution < -0.4 is 4.90 Å². The Labute approximate surface area is 163 Å². The van der Waals surface area contributed by atoms with Crippen molar-refractivity contribution in [2.24, 2.45) is 0 Å². The number of amides is 2. The smallest absolute Gasteiger partial charge is 0.409 e. The quantitative estimate of drug-likeness (QED) is 0.726. The van der Waals surface area contributed by atoms with Gasteiger partial charge in [-0.25, -0.2) is 9.78 Å². The first kappa shape index (κ1) is 17.5. The summed E-state index contributed by atoms with van der Waals surface area (Å²) in [5.74, 6) is 0.0388. The van der Waals surface area contributed by atoms with E-state index in [0.717, 1.165) is 27.2 Å². The molecule has 2 amide bonds. The van der Waals surface area contributed by atoms with E-state index in [1.54, 1.807) is 11.1 Å². The van der Waals surface area contributed by atoms with E-state index in [-0.39, 0.29) is 17.4 Å². The van der Waals surface area contributed by atoms with E-state index in [1.807, 2.05) is 22.4 Å². The van der Waals surface area contributed by atoms with Crippen LogP contribution in [-0.2, 0) is 21.4 Å². The van der Waals surface area contributed by atoms with Gasteiger partial charge in [-0.1, -0.05) is 15.9 Å². The number of fused-ring (bicyclic) bond motifs is 2.